The third-order valence-electron chi connectivity index (χ3n) is 7.80. The molecule has 0 aliphatic heterocycles. The van der Waals surface area contributed by atoms with E-state index in [1.807, 2.05) is 0 Å². The molecule has 3 fully saturated rings. The summed E-state index contributed by atoms with van der Waals surface area (Å²) in [5.74, 6) is 1.97. The van der Waals surface area contributed by atoms with Gasteiger partial charge in [0.15, 0.2) is 0 Å². The topological polar surface area (TPSA) is 40.5 Å². The maximum Gasteiger partial charge on any atom is 0.0724 e. The number of aliphatic hydroxyl groups excluding tert-OH is 2. The normalized spacial score (nSPS) is 56.2. The van der Waals surface area contributed by atoms with Crippen molar-refractivity contribution in [3.05, 3.63) is 11.6 Å². The SMILES string of the molecule is CC12CCCC1C1CCC3=CC(O)CCC3(C)C1C(O)C2. The number of allylic oxidation sites excluding steroid dienone is 1. The molecule has 2 N–H and O–H groups in total. The standard InChI is InChI=1S/C19H30O2/c1-18-8-3-4-15(18)14-6-5-12-10-13(20)7-9-19(12,2)17(14)16(21)11-18/h10,13-17,20-21H,3-9,11H2,1-2H3. The van der Waals surface area contributed by atoms with Gasteiger partial charge in [-0.15, -0.1) is 0 Å². The first kappa shape index (κ1) is 14.3. The van der Waals surface area contributed by atoms with E-state index in [0.717, 1.165) is 31.6 Å². The van der Waals surface area contributed by atoms with Crippen molar-refractivity contribution in [3.63, 3.8) is 0 Å². The Morgan fingerprint density at radius 3 is 2.71 bits per heavy atom. The van der Waals surface area contributed by atoms with Crippen molar-refractivity contribution < 1.29 is 10.2 Å². The van der Waals surface area contributed by atoms with E-state index in [-0.39, 0.29) is 17.6 Å². The summed E-state index contributed by atoms with van der Waals surface area (Å²) in [5, 5.41) is 21.0. The Balaban J connectivity index is 1.73. The van der Waals surface area contributed by atoms with Crippen LogP contribution in [0, 0.1) is 28.6 Å². The fourth-order valence-corrected chi connectivity index (χ4v) is 6.85. The minimum absolute atomic E-state index is 0.140. The molecule has 3 saturated carbocycles. The molecular formula is C19H30O2. The van der Waals surface area contributed by atoms with Crippen molar-refractivity contribution in [3.8, 4) is 0 Å². The van der Waals surface area contributed by atoms with E-state index in [0.29, 0.717) is 17.3 Å². The Morgan fingerprint density at radius 2 is 1.90 bits per heavy atom. The highest BCUT2D eigenvalue weighted by Crippen LogP contribution is 2.65. The van der Waals surface area contributed by atoms with E-state index in [1.54, 1.807) is 0 Å². The van der Waals surface area contributed by atoms with Crippen molar-refractivity contribution in [2.24, 2.45) is 28.6 Å². The zero-order valence-corrected chi connectivity index (χ0v) is 13.5. The molecule has 7 atom stereocenters. The van der Waals surface area contributed by atoms with Gasteiger partial charge in [-0.05, 0) is 73.5 Å². The predicted octanol–water partition coefficient (Wildman–Crippen LogP) is 3.67. The summed E-state index contributed by atoms with van der Waals surface area (Å²) in [6.07, 6.45) is 11.1. The molecule has 0 heterocycles. The van der Waals surface area contributed by atoms with Gasteiger partial charge < -0.3 is 10.2 Å². The second-order valence-corrected chi connectivity index (χ2v) is 8.87. The second-order valence-electron chi connectivity index (χ2n) is 8.87. The molecule has 4 aliphatic carbocycles. The summed E-state index contributed by atoms with van der Waals surface area (Å²) in [6, 6.07) is 0. The number of hydrogen-bond acceptors (Lipinski definition) is 2. The maximum absolute atomic E-state index is 11.0. The van der Waals surface area contributed by atoms with Crippen LogP contribution in [0.1, 0.15) is 65.2 Å². The van der Waals surface area contributed by atoms with Gasteiger partial charge in [-0.3, -0.25) is 0 Å². The van der Waals surface area contributed by atoms with Gasteiger partial charge in [0.25, 0.3) is 0 Å². The third kappa shape index (κ3) is 1.91. The minimum atomic E-state index is -0.248. The number of fused-ring (bicyclic) bond motifs is 5. The van der Waals surface area contributed by atoms with Crippen LogP contribution in [0.25, 0.3) is 0 Å². The van der Waals surface area contributed by atoms with E-state index in [4.69, 9.17) is 0 Å². The van der Waals surface area contributed by atoms with Crippen LogP contribution >= 0.6 is 0 Å². The molecule has 118 valence electrons. The van der Waals surface area contributed by atoms with Crippen LogP contribution < -0.4 is 0 Å². The van der Waals surface area contributed by atoms with Crippen LogP contribution in [0.15, 0.2) is 11.6 Å². The number of hydrogen-bond donors (Lipinski definition) is 2. The molecule has 0 spiro atoms. The van der Waals surface area contributed by atoms with Crippen LogP contribution in [0.5, 0.6) is 0 Å². The van der Waals surface area contributed by atoms with Gasteiger partial charge in [-0.1, -0.05) is 31.9 Å². The first-order valence-electron chi connectivity index (χ1n) is 9.01. The predicted molar refractivity (Wildman–Crippen MR) is 83.7 cm³/mol. The lowest BCUT2D eigenvalue weighted by molar-refractivity contribution is -0.120. The molecule has 0 aromatic carbocycles. The fraction of sp³-hybridized carbons (Fsp3) is 0.895. The lowest BCUT2D eigenvalue weighted by Crippen LogP contribution is -2.55. The van der Waals surface area contributed by atoms with E-state index in [1.165, 1.54) is 31.3 Å². The Hall–Kier alpha value is -0.340. The monoisotopic (exact) mass is 290 g/mol. The third-order valence-corrected chi connectivity index (χ3v) is 7.80. The van der Waals surface area contributed by atoms with Gasteiger partial charge in [0.05, 0.1) is 12.2 Å². The van der Waals surface area contributed by atoms with Crippen LogP contribution in [-0.2, 0) is 0 Å². The van der Waals surface area contributed by atoms with Crippen molar-refractivity contribution in [1.82, 2.24) is 0 Å². The van der Waals surface area contributed by atoms with Crippen molar-refractivity contribution >= 4 is 0 Å². The van der Waals surface area contributed by atoms with Crippen LogP contribution in [0.4, 0.5) is 0 Å². The molecule has 0 amide bonds. The summed E-state index contributed by atoms with van der Waals surface area (Å²) >= 11 is 0. The molecule has 0 saturated heterocycles. The highest BCUT2D eigenvalue weighted by atomic mass is 16.3. The van der Waals surface area contributed by atoms with Gasteiger partial charge in [-0.25, -0.2) is 0 Å². The van der Waals surface area contributed by atoms with E-state index in [9.17, 15) is 10.2 Å². The Kier molecular flexibility index (Phi) is 3.11. The summed E-state index contributed by atoms with van der Waals surface area (Å²) in [6.45, 7) is 4.81. The summed E-state index contributed by atoms with van der Waals surface area (Å²) in [4.78, 5) is 0. The zero-order valence-electron chi connectivity index (χ0n) is 13.5. The average Bonchev–Trinajstić information content (AvgIpc) is 2.80. The molecule has 0 aromatic heterocycles. The van der Waals surface area contributed by atoms with Crippen molar-refractivity contribution in [2.45, 2.75) is 77.4 Å². The maximum atomic E-state index is 11.0. The largest absolute Gasteiger partial charge is 0.393 e. The summed E-state index contributed by atoms with van der Waals surface area (Å²) in [5.41, 5.74) is 1.99. The molecule has 2 nitrogen and oxygen atoms in total. The van der Waals surface area contributed by atoms with E-state index >= 15 is 0 Å². The molecule has 4 aliphatic rings. The highest BCUT2D eigenvalue weighted by Gasteiger charge is 2.59. The summed E-state index contributed by atoms with van der Waals surface area (Å²) in [7, 11) is 0. The van der Waals surface area contributed by atoms with Crippen LogP contribution in [0.3, 0.4) is 0 Å². The highest BCUT2D eigenvalue weighted by molar-refractivity contribution is 5.26. The molecule has 2 heteroatoms. The van der Waals surface area contributed by atoms with Gasteiger partial charge in [0.1, 0.15) is 0 Å². The van der Waals surface area contributed by atoms with Gasteiger partial charge in [0, 0.05) is 0 Å². The summed E-state index contributed by atoms with van der Waals surface area (Å²) < 4.78 is 0. The lowest BCUT2D eigenvalue weighted by atomic mass is 9.46. The lowest BCUT2D eigenvalue weighted by Gasteiger charge is -2.59. The molecule has 7 unspecified atom stereocenters. The molecule has 4 rings (SSSR count). The fourth-order valence-electron chi connectivity index (χ4n) is 6.85. The Morgan fingerprint density at radius 1 is 1.10 bits per heavy atom. The Bertz CT molecular complexity index is 470. The van der Waals surface area contributed by atoms with Gasteiger partial charge >= 0.3 is 0 Å². The zero-order chi connectivity index (χ0) is 14.8. The van der Waals surface area contributed by atoms with E-state index in [2.05, 4.69) is 19.9 Å². The minimum Gasteiger partial charge on any atom is -0.393 e. The first-order valence-corrected chi connectivity index (χ1v) is 9.01. The van der Waals surface area contributed by atoms with Gasteiger partial charge in [0.2, 0.25) is 0 Å². The smallest absolute Gasteiger partial charge is 0.0724 e. The first-order chi connectivity index (χ1) is 9.94. The van der Waals surface area contributed by atoms with Crippen LogP contribution in [0.2, 0.25) is 0 Å². The molecule has 0 bridgehead atoms. The van der Waals surface area contributed by atoms with Crippen molar-refractivity contribution in [1.29, 1.82) is 0 Å². The van der Waals surface area contributed by atoms with Gasteiger partial charge in [-0.2, -0.15) is 0 Å². The quantitative estimate of drug-likeness (QED) is 0.668. The average molecular weight is 290 g/mol. The van der Waals surface area contributed by atoms with E-state index < -0.39 is 0 Å². The molecular weight excluding hydrogens is 260 g/mol. The number of aliphatic hydroxyl groups is 2. The number of rotatable bonds is 0. The molecule has 0 radical (unpaired) electrons. The second kappa shape index (κ2) is 4.58. The van der Waals surface area contributed by atoms with Crippen molar-refractivity contribution in [2.75, 3.05) is 0 Å². The van der Waals surface area contributed by atoms with Crippen LogP contribution in [-0.4, -0.2) is 22.4 Å². The Labute approximate surface area is 128 Å². The molecule has 21 heavy (non-hydrogen) atoms. The molecule has 0 aromatic rings.